The Morgan fingerprint density at radius 2 is 1.79 bits per heavy atom. The normalized spacial score (nSPS) is 19.0. The fraction of sp³-hybridized carbons (Fsp3) is 0.333. The molecule has 1 unspecified atom stereocenters. The smallest absolute Gasteiger partial charge is 0.500 e. The van der Waals surface area contributed by atoms with Gasteiger partial charge in [-0.2, -0.15) is 0 Å². The minimum absolute atomic E-state index is 0.541. The lowest BCUT2D eigenvalue weighted by Crippen LogP contribution is -2.57. The summed E-state index contributed by atoms with van der Waals surface area (Å²) in [5.74, 6) is 0.904. The number of aryl methyl sites for hydroxylation is 1. The first-order valence-electron chi connectivity index (χ1n) is 9.37. The molecule has 0 amide bonds. The van der Waals surface area contributed by atoms with Gasteiger partial charge in [-0.1, -0.05) is 42.5 Å². The summed E-state index contributed by atoms with van der Waals surface area (Å²) < 4.78 is 29.4. The number of hydrogen-bond acceptors (Lipinski definition) is 5. The van der Waals surface area contributed by atoms with Gasteiger partial charge in [-0.15, -0.1) is 6.58 Å². The largest absolute Gasteiger partial charge is 0.517 e. The van der Waals surface area contributed by atoms with Gasteiger partial charge in [-0.25, -0.2) is 0 Å². The Labute approximate surface area is 169 Å². The van der Waals surface area contributed by atoms with E-state index in [4.69, 9.17) is 22.1 Å². The third-order valence-electron chi connectivity index (χ3n) is 5.14. The van der Waals surface area contributed by atoms with Gasteiger partial charge >= 0.3 is 17.4 Å². The molecule has 1 atom stereocenters. The molecule has 0 saturated heterocycles. The molecule has 28 heavy (non-hydrogen) atoms. The van der Waals surface area contributed by atoms with E-state index in [1.165, 1.54) is 5.56 Å². The average molecular weight is 417 g/mol. The van der Waals surface area contributed by atoms with Gasteiger partial charge in [0.05, 0.1) is 6.61 Å². The van der Waals surface area contributed by atoms with E-state index in [2.05, 4.69) is 36.9 Å². The summed E-state index contributed by atoms with van der Waals surface area (Å²) in [6, 6.07) is 17.9. The van der Waals surface area contributed by atoms with E-state index in [0.29, 0.717) is 12.7 Å². The molecule has 0 saturated carbocycles. The lowest BCUT2D eigenvalue weighted by atomic mass is 10.1. The minimum Gasteiger partial charge on any atom is -0.517 e. The van der Waals surface area contributed by atoms with Crippen LogP contribution in [0.25, 0.3) is 0 Å². The van der Waals surface area contributed by atoms with Crippen molar-refractivity contribution in [2.24, 2.45) is 0 Å². The van der Waals surface area contributed by atoms with Crippen LogP contribution in [0.1, 0.15) is 11.1 Å². The Morgan fingerprint density at radius 3 is 2.43 bits per heavy atom. The number of allylic oxidation sites excluding steroid dienone is 1. The van der Waals surface area contributed by atoms with Crippen molar-refractivity contribution >= 4 is 22.6 Å². The van der Waals surface area contributed by atoms with Crippen LogP contribution in [0.3, 0.4) is 0 Å². The molecule has 5 nitrogen and oxygen atoms in total. The van der Waals surface area contributed by atoms with Crippen LogP contribution in [-0.2, 0) is 30.7 Å². The number of fused-ring (bicyclic) bond motifs is 1. The fourth-order valence-corrected chi connectivity index (χ4v) is 8.01. The summed E-state index contributed by atoms with van der Waals surface area (Å²) in [7, 11) is -0.225. The first-order valence-corrected chi connectivity index (χ1v) is 13.3. The van der Waals surface area contributed by atoms with Gasteiger partial charge < -0.3 is 22.1 Å². The molecule has 2 aromatic rings. The van der Waals surface area contributed by atoms with Crippen molar-refractivity contribution in [3.63, 3.8) is 0 Å². The molecule has 1 aliphatic heterocycles. The Balaban J connectivity index is 1.79. The Morgan fingerprint density at radius 1 is 1.07 bits per heavy atom. The van der Waals surface area contributed by atoms with Crippen molar-refractivity contribution in [2.75, 3.05) is 21.3 Å². The summed E-state index contributed by atoms with van der Waals surface area (Å²) in [6.07, 6.45) is 2.70. The third kappa shape index (κ3) is 4.30. The van der Waals surface area contributed by atoms with E-state index in [1.807, 2.05) is 24.3 Å². The van der Waals surface area contributed by atoms with Crippen LogP contribution in [0.4, 0.5) is 0 Å². The van der Waals surface area contributed by atoms with E-state index in [0.717, 1.165) is 29.0 Å². The highest BCUT2D eigenvalue weighted by Crippen LogP contribution is 2.32. The highest BCUT2D eigenvalue weighted by Gasteiger charge is 2.44. The van der Waals surface area contributed by atoms with Crippen LogP contribution in [-0.4, -0.2) is 38.7 Å². The first-order chi connectivity index (χ1) is 13.6. The Bertz CT molecular complexity index is 786. The van der Waals surface area contributed by atoms with E-state index >= 15 is 0 Å². The van der Waals surface area contributed by atoms with Gasteiger partial charge in [-0.3, -0.25) is 0 Å². The van der Waals surface area contributed by atoms with Crippen molar-refractivity contribution in [3.8, 4) is 5.75 Å². The van der Waals surface area contributed by atoms with Gasteiger partial charge in [0.15, 0.2) is 0 Å². The molecule has 7 heteroatoms. The Hall–Kier alpha value is -1.75. The van der Waals surface area contributed by atoms with Crippen LogP contribution in [0, 0.1) is 0 Å². The van der Waals surface area contributed by atoms with Crippen molar-refractivity contribution < 1.29 is 22.1 Å². The number of benzene rings is 2. The molecule has 0 bridgehead atoms. The molecule has 150 valence electrons. The van der Waals surface area contributed by atoms with Crippen LogP contribution >= 0.6 is 0 Å². The summed E-state index contributed by atoms with van der Waals surface area (Å²) >= 11 is 0. The van der Waals surface area contributed by atoms with E-state index in [1.54, 1.807) is 21.3 Å². The number of rotatable bonds is 9. The van der Waals surface area contributed by atoms with Crippen LogP contribution in [0.2, 0.25) is 12.1 Å². The standard InChI is InChI=1S/C21H28O5Si2/c1-5-14-27(20-9-7-6-8-10-20)25-17-19-16-18(11-12-21(19)26-27)13-15-28(22-2,23-3)24-4/h5-12,16H,1,13-15,17H2,2-4H3. The predicted molar refractivity (Wildman–Crippen MR) is 114 cm³/mol. The lowest BCUT2D eigenvalue weighted by molar-refractivity contribution is 0.123. The summed E-state index contributed by atoms with van der Waals surface area (Å²) in [5.41, 5.74) is 2.26. The molecule has 1 heterocycles. The maximum absolute atomic E-state index is 6.49. The molecule has 0 fully saturated rings. The average Bonchev–Trinajstić information content (AvgIpc) is 2.76. The highest BCUT2D eigenvalue weighted by molar-refractivity contribution is 6.82. The topological polar surface area (TPSA) is 46.2 Å². The highest BCUT2D eigenvalue weighted by atomic mass is 28.4. The molecule has 3 rings (SSSR count). The third-order valence-corrected chi connectivity index (χ3v) is 11.1. The molecule has 0 spiro atoms. The molecular formula is C21H28O5Si2. The quantitative estimate of drug-likeness (QED) is 0.462. The fourth-order valence-electron chi connectivity index (χ4n) is 3.50. The van der Waals surface area contributed by atoms with Gasteiger partial charge in [0, 0.05) is 44.2 Å². The second kappa shape index (κ2) is 9.17. The zero-order valence-corrected chi connectivity index (χ0v) is 18.8. The van der Waals surface area contributed by atoms with Crippen molar-refractivity contribution in [3.05, 3.63) is 72.3 Å². The second-order valence-electron chi connectivity index (χ2n) is 6.74. The number of hydrogen-bond donors (Lipinski definition) is 0. The predicted octanol–water partition coefficient (Wildman–Crippen LogP) is 3.55. The molecule has 0 radical (unpaired) electrons. The molecule has 0 N–H and O–H groups in total. The maximum atomic E-state index is 6.49. The van der Waals surface area contributed by atoms with Gasteiger partial charge in [-0.05, 0) is 24.1 Å². The monoisotopic (exact) mass is 416 g/mol. The summed E-state index contributed by atoms with van der Waals surface area (Å²) in [6.45, 7) is 4.45. The van der Waals surface area contributed by atoms with Crippen molar-refractivity contribution in [2.45, 2.75) is 25.1 Å². The van der Waals surface area contributed by atoms with Gasteiger partial charge in [0.2, 0.25) is 0 Å². The first kappa shape index (κ1) is 21.0. The zero-order valence-electron chi connectivity index (χ0n) is 16.8. The van der Waals surface area contributed by atoms with E-state index < -0.39 is 17.4 Å². The van der Waals surface area contributed by atoms with Crippen molar-refractivity contribution in [1.29, 1.82) is 0 Å². The minimum atomic E-state index is -2.58. The van der Waals surface area contributed by atoms with E-state index in [-0.39, 0.29) is 0 Å². The molecular weight excluding hydrogens is 388 g/mol. The zero-order chi connectivity index (χ0) is 20.0. The second-order valence-corrected chi connectivity index (χ2v) is 12.8. The SMILES string of the molecule is C=CC[Si]1(c2ccccc2)OCc2cc(CC[Si](OC)(OC)OC)ccc2O1. The van der Waals surface area contributed by atoms with Gasteiger partial charge in [0.25, 0.3) is 0 Å². The lowest BCUT2D eigenvalue weighted by Gasteiger charge is -2.36. The molecule has 0 aromatic heterocycles. The van der Waals surface area contributed by atoms with Crippen LogP contribution in [0.15, 0.2) is 61.2 Å². The summed E-state index contributed by atoms with van der Waals surface area (Å²) in [4.78, 5) is 0. The molecule has 2 aromatic carbocycles. The molecule has 1 aliphatic rings. The maximum Gasteiger partial charge on any atom is 0.500 e. The summed E-state index contributed by atoms with van der Waals surface area (Å²) in [5, 5.41) is 1.13. The van der Waals surface area contributed by atoms with Gasteiger partial charge in [0.1, 0.15) is 5.75 Å². The van der Waals surface area contributed by atoms with Crippen LogP contribution < -0.4 is 9.61 Å². The van der Waals surface area contributed by atoms with E-state index in [9.17, 15) is 0 Å². The van der Waals surface area contributed by atoms with Crippen molar-refractivity contribution in [1.82, 2.24) is 0 Å². The Kier molecular flexibility index (Phi) is 6.87. The molecule has 0 aliphatic carbocycles. The van der Waals surface area contributed by atoms with Crippen LogP contribution in [0.5, 0.6) is 5.75 Å².